The number of hydrogen-bond acceptors (Lipinski definition) is 5. The topological polar surface area (TPSA) is 89.8 Å². The van der Waals surface area contributed by atoms with Crippen molar-refractivity contribution in [2.75, 3.05) is 24.9 Å². The average Bonchev–Trinajstić information content (AvgIpc) is 3.24. The lowest BCUT2D eigenvalue weighted by Gasteiger charge is -2.13. The summed E-state index contributed by atoms with van der Waals surface area (Å²) in [6, 6.07) is 14.9. The molecule has 0 saturated heterocycles. The Kier molecular flexibility index (Phi) is 5.41. The van der Waals surface area contributed by atoms with Gasteiger partial charge >= 0.3 is 0 Å². The van der Waals surface area contributed by atoms with Crippen molar-refractivity contribution in [3.8, 4) is 11.5 Å². The molecule has 0 unspecified atom stereocenters. The van der Waals surface area contributed by atoms with Gasteiger partial charge in [0, 0.05) is 11.6 Å². The Hall–Kier alpha value is -3.74. The molecule has 0 spiro atoms. The number of methoxy groups -OCH3 is 2. The maximum atomic E-state index is 12.6. The molecule has 7 nitrogen and oxygen atoms in total. The van der Waals surface area contributed by atoms with Crippen molar-refractivity contribution in [2.24, 2.45) is 0 Å². The van der Waals surface area contributed by atoms with Crippen molar-refractivity contribution in [2.45, 2.75) is 0 Å². The molecule has 1 heterocycles. The molecule has 2 N–H and O–H groups in total. The second kappa shape index (κ2) is 8.09. The normalized spacial score (nSPS) is 10.1. The number of hydrogen-bond donors (Lipinski definition) is 2. The molecule has 2 aromatic carbocycles. The summed E-state index contributed by atoms with van der Waals surface area (Å²) in [6.07, 6.45) is 1.41. The van der Waals surface area contributed by atoms with Crippen LogP contribution < -0.4 is 20.1 Å². The molecule has 3 aromatic rings. The van der Waals surface area contributed by atoms with Crippen LogP contribution in [0.15, 0.2) is 65.3 Å². The quantitative estimate of drug-likeness (QED) is 0.692. The van der Waals surface area contributed by atoms with Crippen LogP contribution in [0.3, 0.4) is 0 Å². The average molecular weight is 366 g/mol. The van der Waals surface area contributed by atoms with E-state index < -0.39 is 5.91 Å². The lowest BCUT2D eigenvalue weighted by atomic mass is 10.2. The van der Waals surface area contributed by atoms with Gasteiger partial charge in [-0.1, -0.05) is 6.07 Å². The maximum absolute atomic E-state index is 12.6. The predicted molar refractivity (Wildman–Crippen MR) is 101 cm³/mol. The van der Waals surface area contributed by atoms with Crippen LogP contribution in [-0.2, 0) is 0 Å². The minimum Gasteiger partial charge on any atom is -0.497 e. The van der Waals surface area contributed by atoms with Crippen molar-refractivity contribution in [3.05, 3.63) is 72.2 Å². The summed E-state index contributed by atoms with van der Waals surface area (Å²) < 4.78 is 15.4. The maximum Gasteiger partial charge on any atom is 0.291 e. The van der Waals surface area contributed by atoms with Crippen LogP contribution in [0.25, 0.3) is 0 Å². The lowest BCUT2D eigenvalue weighted by molar-refractivity contribution is 0.0993. The number of carbonyl (C=O) groups is 2. The Morgan fingerprint density at radius 1 is 0.815 bits per heavy atom. The molecule has 138 valence electrons. The summed E-state index contributed by atoms with van der Waals surface area (Å²) in [4.78, 5) is 24.9. The van der Waals surface area contributed by atoms with E-state index in [1.54, 1.807) is 54.6 Å². The van der Waals surface area contributed by atoms with E-state index in [4.69, 9.17) is 13.9 Å². The van der Waals surface area contributed by atoms with Gasteiger partial charge < -0.3 is 24.5 Å². The molecule has 27 heavy (non-hydrogen) atoms. The fourth-order valence-corrected chi connectivity index (χ4v) is 2.41. The van der Waals surface area contributed by atoms with Gasteiger partial charge in [-0.25, -0.2) is 0 Å². The largest absolute Gasteiger partial charge is 0.497 e. The van der Waals surface area contributed by atoms with Crippen LogP contribution in [0.2, 0.25) is 0 Å². The Bertz CT molecular complexity index is 951. The summed E-state index contributed by atoms with van der Waals surface area (Å²) >= 11 is 0. The second-order valence-electron chi connectivity index (χ2n) is 5.53. The second-order valence-corrected chi connectivity index (χ2v) is 5.53. The number of furan rings is 1. The molecule has 7 heteroatoms. The fraction of sp³-hybridized carbons (Fsp3) is 0.100. The first kappa shape index (κ1) is 18.1. The minimum atomic E-state index is -0.429. The van der Waals surface area contributed by atoms with Gasteiger partial charge in [-0.3, -0.25) is 9.59 Å². The third-order valence-electron chi connectivity index (χ3n) is 3.80. The number of amides is 2. The van der Waals surface area contributed by atoms with Crippen molar-refractivity contribution >= 4 is 23.2 Å². The van der Waals surface area contributed by atoms with E-state index in [1.807, 2.05) is 0 Å². The van der Waals surface area contributed by atoms with Gasteiger partial charge in [0.25, 0.3) is 11.8 Å². The third-order valence-corrected chi connectivity index (χ3v) is 3.80. The smallest absolute Gasteiger partial charge is 0.291 e. The molecule has 1 aromatic heterocycles. The number of rotatable bonds is 6. The summed E-state index contributed by atoms with van der Waals surface area (Å²) in [5.41, 5.74) is 1.22. The molecule has 0 fully saturated rings. The van der Waals surface area contributed by atoms with Crippen molar-refractivity contribution < 1.29 is 23.5 Å². The molecule has 0 aliphatic rings. The van der Waals surface area contributed by atoms with E-state index in [-0.39, 0.29) is 11.7 Å². The molecular weight excluding hydrogens is 348 g/mol. The SMILES string of the molecule is COc1cccc(C(=O)Nc2cc(OC)ccc2NC(=O)c2ccco2)c1. The van der Waals surface area contributed by atoms with Gasteiger partial charge in [-0.15, -0.1) is 0 Å². The van der Waals surface area contributed by atoms with Crippen LogP contribution in [-0.4, -0.2) is 26.0 Å². The number of ether oxygens (including phenoxy) is 2. The lowest BCUT2D eigenvalue weighted by Crippen LogP contribution is -2.16. The number of anilines is 2. The molecule has 0 saturated carbocycles. The molecule has 0 aliphatic heterocycles. The first-order chi connectivity index (χ1) is 13.1. The summed E-state index contributed by atoms with van der Waals surface area (Å²) in [6.45, 7) is 0. The Labute approximate surface area is 155 Å². The highest BCUT2D eigenvalue weighted by Gasteiger charge is 2.15. The molecule has 3 rings (SSSR count). The first-order valence-corrected chi connectivity index (χ1v) is 8.09. The minimum absolute atomic E-state index is 0.163. The van der Waals surface area contributed by atoms with Crippen molar-refractivity contribution in [1.29, 1.82) is 0 Å². The van der Waals surface area contributed by atoms with Crippen LogP contribution in [0.5, 0.6) is 11.5 Å². The standard InChI is InChI=1S/C20H18N2O5/c1-25-14-6-3-5-13(11-14)19(23)22-17-12-15(26-2)8-9-16(17)21-20(24)18-7-4-10-27-18/h3-12H,1-2H3,(H,21,24)(H,22,23). The molecule has 2 amide bonds. The molecule has 0 aliphatic carbocycles. The van der Waals surface area contributed by atoms with Gasteiger partial charge in [-0.05, 0) is 42.5 Å². The molecule has 0 atom stereocenters. The zero-order chi connectivity index (χ0) is 19.2. The first-order valence-electron chi connectivity index (χ1n) is 8.09. The van der Waals surface area contributed by atoms with Gasteiger partial charge in [0.05, 0.1) is 31.9 Å². The number of nitrogens with one attached hydrogen (secondary N) is 2. The summed E-state index contributed by atoms with van der Waals surface area (Å²) in [5, 5.41) is 5.50. The zero-order valence-electron chi connectivity index (χ0n) is 14.8. The summed E-state index contributed by atoms with van der Waals surface area (Å²) in [7, 11) is 3.05. The van der Waals surface area contributed by atoms with E-state index in [1.165, 1.54) is 20.5 Å². The predicted octanol–water partition coefficient (Wildman–Crippen LogP) is 3.80. The zero-order valence-corrected chi connectivity index (χ0v) is 14.8. The highest BCUT2D eigenvalue weighted by atomic mass is 16.5. The number of carbonyl (C=O) groups excluding carboxylic acids is 2. The molecular formula is C20H18N2O5. The van der Waals surface area contributed by atoms with E-state index in [2.05, 4.69) is 10.6 Å². The van der Waals surface area contributed by atoms with Gasteiger partial charge in [0.1, 0.15) is 11.5 Å². The molecule has 0 bridgehead atoms. The van der Waals surface area contributed by atoms with Gasteiger partial charge in [0.15, 0.2) is 5.76 Å². The highest BCUT2D eigenvalue weighted by Crippen LogP contribution is 2.28. The van der Waals surface area contributed by atoms with Gasteiger partial charge in [0.2, 0.25) is 0 Å². The third kappa shape index (κ3) is 4.27. The van der Waals surface area contributed by atoms with E-state index in [0.29, 0.717) is 28.4 Å². The number of benzene rings is 2. The monoisotopic (exact) mass is 366 g/mol. The van der Waals surface area contributed by atoms with E-state index >= 15 is 0 Å². The molecule has 0 radical (unpaired) electrons. The Morgan fingerprint density at radius 2 is 1.56 bits per heavy atom. The highest BCUT2D eigenvalue weighted by molar-refractivity contribution is 6.09. The Morgan fingerprint density at radius 3 is 2.26 bits per heavy atom. The van der Waals surface area contributed by atoms with Crippen molar-refractivity contribution in [3.63, 3.8) is 0 Å². The van der Waals surface area contributed by atoms with Crippen LogP contribution in [0.1, 0.15) is 20.9 Å². The van der Waals surface area contributed by atoms with Gasteiger partial charge in [-0.2, -0.15) is 0 Å². The van der Waals surface area contributed by atoms with E-state index in [9.17, 15) is 9.59 Å². The van der Waals surface area contributed by atoms with E-state index in [0.717, 1.165) is 0 Å². The fourth-order valence-electron chi connectivity index (χ4n) is 2.41. The summed E-state index contributed by atoms with van der Waals surface area (Å²) in [5.74, 6) is 0.486. The van der Waals surface area contributed by atoms with Crippen LogP contribution in [0, 0.1) is 0 Å². The van der Waals surface area contributed by atoms with Crippen molar-refractivity contribution in [1.82, 2.24) is 0 Å². The van der Waals surface area contributed by atoms with Crippen LogP contribution in [0.4, 0.5) is 11.4 Å². The Balaban J connectivity index is 1.86. The van der Waals surface area contributed by atoms with Crippen LogP contribution >= 0.6 is 0 Å².